The minimum Gasteiger partial charge on any atom is -0.462 e. The Balaban J connectivity index is 1.77. The summed E-state index contributed by atoms with van der Waals surface area (Å²) >= 11 is 0. The zero-order valence-electron chi connectivity index (χ0n) is 12.8. The molecule has 0 amide bonds. The highest BCUT2D eigenvalue weighted by Gasteiger charge is 2.46. The molecule has 2 aliphatic heterocycles. The maximum absolute atomic E-state index is 12.0. The summed E-state index contributed by atoms with van der Waals surface area (Å²) < 4.78 is 5.61. The lowest BCUT2D eigenvalue weighted by atomic mass is 9.79. The van der Waals surface area contributed by atoms with Crippen molar-refractivity contribution >= 4 is 5.97 Å². The maximum Gasteiger partial charge on any atom is 0.312 e. The molecule has 0 aromatic carbocycles. The second-order valence-electron chi connectivity index (χ2n) is 6.53. The summed E-state index contributed by atoms with van der Waals surface area (Å²) in [6.45, 7) is 10.1. The molecule has 1 unspecified atom stereocenters. The zero-order chi connectivity index (χ0) is 13.9. The van der Waals surface area contributed by atoms with Crippen molar-refractivity contribution in [2.24, 2.45) is 11.3 Å². The number of likely N-dealkylation sites (tertiary alicyclic amines) is 1. The van der Waals surface area contributed by atoms with E-state index in [1.165, 1.54) is 25.9 Å². The number of hydrogen-bond donors (Lipinski definition) is 0. The summed E-state index contributed by atoms with van der Waals surface area (Å²) in [5, 5.41) is 0. The van der Waals surface area contributed by atoms with Gasteiger partial charge >= 0.3 is 5.97 Å². The molecule has 2 fully saturated rings. The van der Waals surface area contributed by atoms with E-state index >= 15 is 0 Å². The van der Waals surface area contributed by atoms with Crippen LogP contribution in [0.3, 0.4) is 0 Å². The molecule has 2 aliphatic rings. The molecule has 0 spiro atoms. The van der Waals surface area contributed by atoms with Crippen molar-refractivity contribution in [3.63, 3.8) is 0 Å². The summed E-state index contributed by atoms with van der Waals surface area (Å²) in [6.07, 6.45) is 6.58. The zero-order valence-corrected chi connectivity index (χ0v) is 12.8. The first kappa shape index (κ1) is 14.8. The lowest BCUT2D eigenvalue weighted by Gasteiger charge is -2.30. The van der Waals surface area contributed by atoms with Gasteiger partial charge in [-0.05, 0) is 51.1 Å². The van der Waals surface area contributed by atoms with Crippen molar-refractivity contribution in [1.29, 1.82) is 0 Å². The van der Waals surface area contributed by atoms with Gasteiger partial charge in [0, 0.05) is 13.0 Å². The Morgan fingerprint density at radius 1 is 1.26 bits per heavy atom. The topological polar surface area (TPSA) is 29.5 Å². The van der Waals surface area contributed by atoms with Crippen molar-refractivity contribution < 1.29 is 9.53 Å². The summed E-state index contributed by atoms with van der Waals surface area (Å²) in [7, 11) is 0. The number of nitrogens with zero attached hydrogens (tertiary/aromatic N) is 1. The highest BCUT2D eigenvalue weighted by Crippen LogP contribution is 2.41. The van der Waals surface area contributed by atoms with Gasteiger partial charge in [-0.2, -0.15) is 0 Å². The standard InChI is InChI=1S/C16H29NO2/c1-4-16(5-2)12-14(19-15(16)18)8-11-17-9-6-13(3)7-10-17/h13-14H,4-12H2,1-3H3. The molecule has 2 rings (SSSR count). The Morgan fingerprint density at radius 2 is 1.89 bits per heavy atom. The molecule has 0 saturated carbocycles. The predicted molar refractivity (Wildman–Crippen MR) is 77.0 cm³/mol. The number of esters is 1. The maximum atomic E-state index is 12.0. The van der Waals surface area contributed by atoms with Crippen LogP contribution >= 0.6 is 0 Å². The van der Waals surface area contributed by atoms with Crippen molar-refractivity contribution in [1.82, 2.24) is 4.90 Å². The van der Waals surface area contributed by atoms with Crippen LogP contribution in [0.1, 0.15) is 59.3 Å². The Bertz CT molecular complexity index is 304. The molecule has 2 heterocycles. The van der Waals surface area contributed by atoms with Crippen LogP contribution in [-0.4, -0.2) is 36.6 Å². The van der Waals surface area contributed by atoms with Gasteiger partial charge in [-0.15, -0.1) is 0 Å². The molecule has 110 valence electrons. The number of carbonyl (C=O) groups excluding carboxylic acids is 1. The van der Waals surface area contributed by atoms with Gasteiger partial charge < -0.3 is 9.64 Å². The molecule has 0 radical (unpaired) electrons. The largest absolute Gasteiger partial charge is 0.462 e. The van der Waals surface area contributed by atoms with Crippen LogP contribution in [0, 0.1) is 11.3 Å². The van der Waals surface area contributed by atoms with Crippen LogP contribution < -0.4 is 0 Å². The Kier molecular flexibility index (Phi) is 4.88. The molecule has 3 heteroatoms. The van der Waals surface area contributed by atoms with E-state index in [1.807, 2.05) is 0 Å². The van der Waals surface area contributed by atoms with Crippen LogP contribution in [0.4, 0.5) is 0 Å². The summed E-state index contributed by atoms with van der Waals surface area (Å²) in [5.74, 6) is 0.933. The lowest BCUT2D eigenvalue weighted by Crippen LogP contribution is -2.35. The minimum absolute atomic E-state index is 0.0507. The Labute approximate surface area is 117 Å². The van der Waals surface area contributed by atoms with E-state index in [0.29, 0.717) is 0 Å². The first-order valence-electron chi connectivity index (χ1n) is 8.03. The average Bonchev–Trinajstić information content (AvgIpc) is 2.75. The van der Waals surface area contributed by atoms with Crippen LogP contribution in [0.5, 0.6) is 0 Å². The molecule has 0 aliphatic carbocycles. The van der Waals surface area contributed by atoms with Crippen LogP contribution in [0.15, 0.2) is 0 Å². The third-order valence-corrected chi connectivity index (χ3v) is 5.32. The van der Waals surface area contributed by atoms with E-state index in [1.54, 1.807) is 0 Å². The molecular weight excluding hydrogens is 238 g/mol. The van der Waals surface area contributed by atoms with Crippen LogP contribution in [0.25, 0.3) is 0 Å². The SMILES string of the molecule is CCC1(CC)CC(CCN2CCC(C)CC2)OC1=O. The number of ether oxygens (including phenoxy) is 1. The number of carbonyl (C=O) groups is 1. The predicted octanol–water partition coefficient (Wildman–Crippen LogP) is 3.23. The third kappa shape index (κ3) is 3.31. The first-order chi connectivity index (χ1) is 9.09. The molecule has 1 atom stereocenters. The fraction of sp³-hybridized carbons (Fsp3) is 0.938. The normalized spacial score (nSPS) is 28.6. The van der Waals surface area contributed by atoms with Crippen molar-refractivity contribution in [3.8, 4) is 0 Å². The van der Waals surface area contributed by atoms with Gasteiger partial charge in [0.25, 0.3) is 0 Å². The molecule has 2 saturated heterocycles. The fourth-order valence-electron chi connectivity index (χ4n) is 3.44. The quantitative estimate of drug-likeness (QED) is 0.716. The number of hydrogen-bond acceptors (Lipinski definition) is 3. The van der Waals surface area contributed by atoms with Gasteiger partial charge in [0.05, 0.1) is 5.41 Å². The first-order valence-corrected chi connectivity index (χ1v) is 8.03. The highest BCUT2D eigenvalue weighted by molar-refractivity contribution is 5.78. The number of cyclic esters (lactones) is 1. The van der Waals surface area contributed by atoms with Crippen molar-refractivity contribution in [2.45, 2.75) is 65.4 Å². The second-order valence-corrected chi connectivity index (χ2v) is 6.53. The van der Waals surface area contributed by atoms with Crippen molar-refractivity contribution in [3.05, 3.63) is 0 Å². The average molecular weight is 267 g/mol. The van der Waals surface area contributed by atoms with Gasteiger partial charge in [-0.1, -0.05) is 20.8 Å². The van der Waals surface area contributed by atoms with Gasteiger partial charge in [0.1, 0.15) is 6.10 Å². The molecular formula is C16H29NO2. The van der Waals surface area contributed by atoms with E-state index in [9.17, 15) is 4.79 Å². The second kappa shape index (κ2) is 6.25. The van der Waals surface area contributed by atoms with E-state index in [-0.39, 0.29) is 17.5 Å². The van der Waals surface area contributed by atoms with Crippen LogP contribution in [-0.2, 0) is 9.53 Å². The van der Waals surface area contributed by atoms with Gasteiger partial charge in [0.15, 0.2) is 0 Å². The molecule has 0 aromatic heterocycles. The van der Waals surface area contributed by atoms with Gasteiger partial charge in [-0.3, -0.25) is 4.79 Å². The molecule has 0 N–H and O–H groups in total. The molecule has 3 nitrogen and oxygen atoms in total. The smallest absolute Gasteiger partial charge is 0.312 e. The number of rotatable bonds is 5. The van der Waals surface area contributed by atoms with Crippen LogP contribution in [0.2, 0.25) is 0 Å². The van der Waals surface area contributed by atoms with E-state index in [2.05, 4.69) is 25.7 Å². The van der Waals surface area contributed by atoms with Gasteiger partial charge in [0.2, 0.25) is 0 Å². The molecule has 19 heavy (non-hydrogen) atoms. The Hall–Kier alpha value is -0.570. The summed E-state index contributed by atoms with van der Waals surface area (Å²) in [6, 6.07) is 0. The van der Waals surface area contributed by atoms with E-state index in [0.717, 1.165) is 38.1 Å². The van der Waals surface area contributed by atoms with E-state index in [4.69, 9.17) is 4.74 Å². The number of piperidine rings is 1. The Morgan fingerprint density at radius 3 is 2.42 bits per heavy atom. The van der Waals surface area contributed by atoms with Crippen molar-refractivity contribution in [2.75, 3.05) is 19.6 Å². The van der Waals surface area contributed by atoms with E-state index < -0.39 is 0 Å². The fourth-order valence-corrected chi connectivity index (χ4v) is 3.44. The summed E-state index contributed by atoms with van der Waals surface area (Å²) in [5.41, 5.74) is -0.179. The monoisotopic (exact) mass is 267 g/mol. The molecule has 0 aromatic rings. The highest BCUT2D eigenvalue weighted by atomic mass is 16.6. The lowest BCUT2D eigenvalue weighted by molar-refractivity contribution is -0.149. The minimum atomic E-state index is -0.179. The summed E-state index contributed by atoms with van der Waals surface area (Å²) in [4.78, 5) is 14.6. The molecule has 0 bridgehead atoms. The van der Waals surface area contributed by atoms with Gasteiger partial charge in [-0.25, -0.2) is 0 Å². The third-order valence-electron chi connectivity index (χ3n) is 5.32.